The second-order valence-electron chi connectivity index (χ2n) is 4.46. The van der Waals surface area contributed by atoms with Crippen LogP contribution in [0.1, 0.15) is 6.42 Å². The highest BCUT2D eigenvalue weighted by atomic mass is 35.7. The first kappa shape index (κ1) is 16.2. The van der Waals surface area contributed by atoms with Crippen LogP contribution in [0.5, 0.6) is 11.5 Å². The molecule has 0 radical (unpaired) electrons. The molecule has 0 bridgehead atoms. The molecule has 1 fully saturated rings. The summed E-state index contributed by atoms with van der Waals surface area (Å²) in [5.41, 5.74) is 0.385. The molecule has 2 rings (SSSR count). The van der Waals surface area contributed by atoms with Crippen LogP contribution in [0.2, 0.25) is 5.02 Å². The molecule has 1 unspecified atom stereocenters. The summed E-state index contributed by atoms with van der Waals surface area (Å²) in [6, 6.07) is 3.04. The molecule has 1 amide bonds. The van der Waals surface area contributed by atoms with E-state index in [2.05, 4.69) is 0 Å². The van der Waals surface area contributed by atoms with E-state index in [-0.39, 0.29) is 18.9 Å². The first-order valence-electron chi connectivity index (χ1n) is 5.93. The average molecular weight is 354 g/mol. The van der Waals surface area contributed by atoms with Gasteiger partial charge in [-0.2, -0.15) is 0 Å². The lowest BCUT2D eigenvalue weighted by Gasteiger charge is -2.20. The van der Waals surface area contributed by atoms with E-state index >= 15 is 0 Å². The largest absolute Gasteiger partial charge is 0.495 e. The lowest BCUT2D eigenvalue weighted by atomic mass is 10.2. The topological polar surface area (TPSA) is 72.9 Å². The molecule has 1 saturated heterocycles. The highest BCUT2D eigenvalue weighted by Crippen LogP contribution is 2.40. The van der Waals surface area contributed by atoms with Gasteiger partial charge in [0.15, 0.2) is 0 Å². The fourth-order valence-electron chi connectivity index (χ4n) is 2.15. The van der Waals surface area contributed by atoms with Gasteiger partial charge in [0.05, 0.1) is 24.9 Å². The number of anilines is 1. The summed E-state index contributed by atoms with van der Waals surface area (Å²) in [5, 5.41) is -0.657. The predicted octanol–water partition coefficient (Wildman–Crippen LogP) is 2.03. The molecular formula is C12H13Cl2NO5S. The zero-order valence-electron chi connectivity index (χ0n) is 11.3. The summed E-state index contributed by atoms with van der Waals surface area (Å²) in [6.45, 7) is -0.0380. The molecule has 6 nitrogen and oxygen atoms in total. The van der Waals surface area contributed by atoms with Gasteiger partial charge in [-0.25, -0.2) is 8.42 Å². The normalized spacial score (nSPS) is 19.0. The second kappa shape index (κ2) is 5.90. The third-order valence-corrected chi connectivity index (χ3v) is 5.40. The molecule has 0 saturated carbocycles. The van der Waals surface area contributed by atoms with Crippen LogP contribution in [0, 0.1) is 0 Å². The zero-order chi connectivity index (χ0) is 15.8. The number of rotatable bonds is 4. The van der Waals surface area contributed by atoms with Gasteiger partial charge in [-0.15, -0.1) is 0 Å². The van der Waals surface area contributed by atoms with E-state index in [9.17, 15) is 13.2 Å². The van der Waals surface area contributed by atoms with Crippen LogP contribution in [0.4, 0.5) is 5.69 Å². The number of hydrogen-bond acceptors (Lipinski definition) is 5. The van der Waals surface area contributed by atoms with Crippen molar-refractivity contribution >= 4 is 42.9 Å². The van der Waals surface area contributed by atoms with Crippen molar-refractivity contribution < 1.29 is 22.7 Å². The average Bonchev–Trinajstić information content (AvgIpc) is 2.80. The summed E-state index contributed by atoms with van der Waals surface area (Å²) >= 11 is 6.05. The number of methoxy groups -OCH3 is 2. The van der Waals surface area contributed by atoms with Gasteiger partial charge >= 0.3 is 0 Å². The second-order valence-corrected chi connectivity index (χ2v) is 7.78. The van der Waals surface area contributed by atoms with Gasteiger partial charge in [-0.05, 0) is 6.07 Å². The summed E-state index contributed by atoms with van der Waals surface area (Å²) in [4.78, 5) is 13.3. The monoisotopic (exact) mass is 353 g/mol. The number of ether oxygens (including phenoxy) is 2. The summed E-state index contributed by atoms with van der Waals surface area (Å²) in [7, 11) is 4.41. The third-order valence-electron chi connectivity index (χ3n) is 3.23. The van der Waals surface area contributed by atoms with Gasteiger partial charge in [-0.3, -0.25) is 4.79 Å². The van der Waals surface area contributed by atoms with Gasteiger partial charge in [0.2, 0.25) is 15.0 Å². The van der Waals surface area contributed by atoms with Gasteiger partial charge in [-0.1, -0.05) is 11.6 Å². The summed E-state index contributed by atoms with van der Waals surface area (Å²) < 4.78 is 33.1. The fraction of sp³-hybridized carbons (Fsp3) is 0.417. The van der Waals surface area contributed by atoms with E-state index in [0.29, 0.717) is 22.2 Å². The summed E-state index contributed by atoms with van der Waals surface area (Å²) in [6.07, 6.45) is -0.168. The third kappa shape index (κ3) is 3.20. The van der Waals surface area contributed by atoms with E-state index in [1.54, 1.807) is 0 Å². The van der Waals surface area contributed by atoms with Crippen molar-refractivity contribution in [3.8, 4) is 11.5 Å². The number of carbonyl (C=O) groups is 1. The molecule has 0 spiro atoms. The maximum Gasteiger partial charge on any atom is 0.237 e. The van der Waals surface area contributed by atoms with Crippen LogP contribution in [0.3, 0.4) is 0 Å². The number of hydrogen-bond donors (Lipinski definition) is 0. The standard InChI is InChI=1S/C12H13Cl2NO5S/c1-19-10-5-11(20-2)9(4-8(10)13)15-6-7(3-12(15)16)21(14,17)18/h4-5,7H,3,6H2,1-2H3. The zero-order valence-corrected chi connectivity index (χ0v) is 13.6. The van der Waals surface area contributed by atoms with Gasteiger partial charge in [0.1, 0.15) is 16.7 Å². The Morgan fingerprint density at radius 2 is 1.86 bits per heavy atom. The number of benzene rings is 1. The minimum atomic E-state index is -3.81. The van der Waals surface area contributed by atoms with E-state index in [1.165, 1.54) is 31.3 Å². The molecule has 1 aliphatic heterocycles. The number of nitrogens with zero attached hydrogens (tertiary/aromatic N) is 1. The van der Waals surface area contributed by atoms with Crippen LogP contribution >= 0.6 is 22.3 Å². The predicted molar refractivity (Wildman–Crippen MR) is 80.1 cm³/mol. The molecule has 9 heteroatoms. The Kier molecular flexibility index (Phi) is 4.55. The molecule has 116 valence electrons. The quantitative estimate of drug-likeness (QED) is 0.774. The fourth-order valence-corrected chi connectivity index (χ4v) is 3.41. The Balaban J connectivity index is 2.43. The number of amides is 1. The van der Waals surface area contributed by atoms with E-state index in [1.807, 2.05) is 0 Å². The van der Waals surface area contributed by atoms with E-state index in [0.717, 1.165) is 0 Å². The summed E-state index contributed by atoms with van der Waals surface area (Å²) in [5.74, 6) is 0.395. The highest BCUT2D eigenvalue weighted by molar-refractivity contribution is 8.14. The van der Waals surface area contributed by atoms with Crippen molar-refractivity contribution in [1.29, 1.82) is 0 Å². The Morgan fingerprint density at radius 1 is 1.24 bits per heavy atom. The lowest BCUT2D eigenvalue weighted by Crippen LogP contribution is -2.27. The molecule has 1 atom stereocenters. The van der Waals surface area contributed by atoms with Crippen molar-refractivity contribution in [2.45, 2.75) is 11.7 Å². The van der Waals surface area contributed by atoms with Crippen molar-refractivity contribution in [2.75, 3.05) is 25.7 Å². The Labute approximate surface area is 131 Å². The molecule has 21 heavy (non-hydrogen) atoms. The molecule has 0 aromatic heterocycles. The van der Waals surface area contributed by atoms with Crippen molar-refractivity contribution in [3.63, 3.8) is 0 Å². The van der Waals surface area contributed by atoms with Gasteiger partial charge in [0.25, 0.3) is 0 Å². The minimum Gasteiger partial charge on any atom is -0.495 e. The van der Waals surface area contributed by atoms with E-state index in [4.69, 9.17) is 31.8 Å². The van der Waals surface area contributed by atoms with Crippen LogP contribution in [0.15, 0.2) is 12.1 Å². The molecule has 1 aromatic rings. The Morgan fingerprint density at radius 3 is 2.33 bits per heavy atom. The Bertz CT molecular complexity index is 676. The maximum absolute atomic E-state index is 12.0. The van der Waals surface area contributed by atoms with Crippen molar-refractivity contribution in [3.05, 3.63) is 17.2 Å². The Hall–Kier alpha value is -1.18. The van der Waals surface area contributed by atoms with Crippen molar-refractivity contribution in [2.24, 2.45) is 0 Å². The lowest BCUT2D eigenvalue weighted by molar-refractivity contribution is -0.117. The van der Waals surface area contributed by atoms with E-state index < -0.39 is 14.3 Å². The maximum atomic E-state index is 12.0. The number of carbonyl (C=O) groups excluding carboxylic acids is 1. The highest BCUT2D eigenvalue weighted by Gasteiger charge is 2.39. The molecule has 1 aromatic carbocycles. The van der Waals surface area contributed by atoms with Crippen LogP contribution in [0.25, 0.3) is 0 Å². The van der Waals surface area contributed by atoms with Crippen LogP contribution < -0.4 is 14.4 Å². The molecule has 0 N–H and O–H groups in total. The smallest absolute Gasteiger partial charge is 0.237 e. The minimum absolute atomic E-state index is 0.0380. The SMILES string of the molecule is COc1cc(OC)c(N2CC(S(=O)(=O)Cl)CC2=O)cc1Cl. The van der Waals surface area contributed by atoms with Gasteiger partial charge in [0, 0.05) is 29.7 Å². The number of halogens is 2. The van der Waals surface area contributed by atoms with Crippen LogP contribution in [-0.4, -0.2) is 40.3 Å². The molecule has 1 aliphatic rings. The first-order valence-corrected chi connectivity index (χ1v) is 8.68. The van der Waals surface area contributed by atoms with Gasteiger partial charge < -0.3 is 14.4 Å². The molecule has 1 heterocycles. The molecular weight excluding hydrogens is 341 g/mol. The van der Waals surface area contributed by atoms with Crippen molar-refractivity contribution in [1.82, 2.24) is 0 Å². The van der Waals surface area contributed by atoms with Crippen LogP contribution in [-0.2, 0) is 13.8 Å². The first-order chi connectivity index (χ1) is 9.77. The molecule has 0 aliphatic carbocycles.